The van der Waals surface area contributed by atoms with E-state index in [0.717, 1.165) is 32.6 Å². The van der Waals surface area contributed by atoms with E-state index in [1.807, 2.05) is 0 Å². The molecule has 0 spiro atoms. The maximum Gasteiger partial charge on any atom is 0.0466 e. The minimum atomic E-state index is 0.561. The molecule has 1 unspecified atom stereocenters. The Labute approximate surface area is 124 Å². The first-order chi connectivity index (χ1) is 9.67. The van der Waals surface area contributed by atoms with Gasteiger partial charge in [0.15, 0.2) is 0 Å². The molecule has 2 heteroatoms. The van der Waals surface area contributed by atoms with Gasteiger partial charge in [0.2, 0.25) is 0 Å². The van der Waals surface area contributed by atoms with Gasteiger partial charge in [0.05, 0.1) is 0 Å². The SMILES string of the molecule is CCNC(CCCOCC)Cc1ccc(C(C)C)cc1. The average Bonchev–Trinajstić information content (AvgIpc) is 2.44. The monoisotopic (exact) mass is 277 g/mol. The number of benzene rings is 1. The number of ether oxygens (including phenoxy) is 1. The molecule has 1 atom stereocenters. The molecule has 1 aromatic carbocycles. The van der Waals surface area contributed by atoms with Crippen molar-refractivity contribution in [2.45, 2.75) is 58.9 Å². The van der Waals surface area contributed by atoms with Gasteiger partial charge in [0.25, 0.3) is 0 Å². The first-order valence-electron chi connectivity index (χ1n) is 8.07. The van der Waals surface area contributed by atoms with Gasteiger partial charge >= 0.3 is 0 Å². The fraction of sp³-hybridized carbons (Fsp3) is 0.667. The first-order valence-corrected chi connectivity index (χ1v) is 8.07. The molecule has 1 aromatic rings. The Hall–Kier alpha value is -0.860. The third kappa shape index (κ3) is 6.53. The minimum Gasteiger partial charge on any atom is -0.382 e. The van der Waals surface area contributed by atoms with Crippen LogP contribution in [0, 0.1) is 0 Å². The van der Waals surface area contributed by atoms with Crippen LogP contribution in [0.3, 0.4) is 0 Å². The van der Waals surface area contributed by atoms with Gasteiger partial charge in [-0.25, -0.2) is 0 Å². The zero-order chi connectivity index (χ0) is 14.8. The number of hydrogen-bond donors (Lipinski definition) is 1. The van der Waals surface area contributed by atoms with Crippen molar-refractivity contribution in [3.63, 3.8) is 0 Å². The molecule has 0 radical (unpaired) electrons. The van der Waals surface area contributed by atoms with Crippen molar-refractivity contribution < 1.29 is 4.74 Å². The lowest BCUT2D eigenvalue weighted by molar-refractivity contribution is 0.141. The summed E-state index contributed by atoms with van der Waals surface area (Å²) in [4.78, 5) is 0. The normalized spacial score (nSPS) is 12.8. The quantitative estimate of drug-likeness (QED) is 0.649. The van der Waals surface area contributed by atoms with Gasteiger partial charge in [-0.05, 0) is 49.8 Å². The van der Waals surface area contributed by atoms with Crippen LogP contribution in [0.25, 0.3) is 0 Å². The average molecular weight is 277 g/mol. The molecule has 0 aromatic heterocycles. The lowest BCUT2D eigenvalue weighted by Gasteiger charge is -2.18. The van der Waals surface area contributed by atoms with E-state index in [1.54, 1.807) is 0 Å². The zero-order valence-corrected chi connectivity index (χ0v) is 13.6. The molecular formula is C18H31NO. The standard InChI is InChI=1S/C18H31NO/c1-5-19-18(8-7-13-20-6-2)14-16-9-11-17(12-10-16)15(3)4/h9-12,15,18-19H,5-8,13-14H2,1-4H3. The summed E-state index contributed by atoms with van der Waals surface area (Å²) in [6.07, 6.45) is 3.42. The largest absolute Gasteiger partial charge is 0.382 e. The highest BCUT2D eigenvalue weighted by Gasteiger charge is 2.08. The maximum atomic E-state index is 5.43. The van der Waals surface area contributed by atoms with E-state index in [1.165, 1.54) is 17.5 Å². The summed E-state index contributed by atoms with van der Waals surface area (Å²) in [6, 6.07) is 9.65. The molecule has 2 nitrogen and oxygen atoms in total. The second-order valence-electron chi connectivity index (χ2n) is 5.69. The molecule has 0 aliphatic heterocycles. The van der Waals surface area contributed by atoms with Crippen LogP contribution in [0.4, 0.5) is 0 Å². The Kier molecular flexibility index (Phi) is 8.56. The van der Waals surface area contributed by atoms with Gasteiger partial charge < -0.3 is 10.1 Å². The predicted octanol–water partition coefficient (Wildman–Crippen LogP) is 4.15. The fourth-order valence-electron chi connectivity index (χ4n) is 2.46. The molecule has 0 saturated carbocycles. The van der Waals surface area contributed by atoms with Crippen molar-refractivity contribution in [2.75, 3.05) is 19.8 Å². The Morgan fingerprint density at radius 1 is 1.10 bits per heavy atom. The molecule has 0 aliphatic carbocycles. The zero-order valence-electron chi connectivity index (χ0n) is 13.6. The molecule has 0 saturated heterocycles. The summed E-state index contributed by atoms with van der Waals surface area (Å²) in [5.74, 6) is 0.611. The van der Waals surface area contributed by atoms with Gasteiger partial charge in [0, 0.05) is 19.3 Å². The summed E-state index contributed by atoms with van der Waals surface area (Å²) in [6.45, 7) is 11.4. The van der Waals surface area contributed by atoms with Crippen LogP contribution in [0.5, 0.6) is 0 Å². The van der Waals surface area contributed by atoms with E-state index in [-0.39, 0.29) is 0 Å². The summed E-state index contributed by atoms with van der Waals surface area (Å²) in [7, 11) is 0. The highest BCUT2D eigenvalue weighted by molar-refractivity contribution is 5.25. The third-order valence-electron chi connectivity index (χ3n) is 3.67. The predicted molar refractivity (Wildman–Crippen MR) is 87.4 cm³/mol. The summed E-state index contributed by atoms with van der Waals surface area (Å²) >= 11 is 0. The molecular weight excluding hydrogens is 246 g/mol. The van der Waals surface area contributed by atoms with E-state index in [4.69, 9.17) is 4.74 Å². The second kappa shape index (κ2) is 9.95. The van der Waals surface area contributed by atoms with E-state index in [9.17, 15) is 0 Å². The second-order valence-corrected chi connectivity index (χ2v) is 5.69. The van der Waals surface area contributed by atoms with E-state index in [2.05, 4.69) is 57.3 Å². The van der Waals surface area contributed by atoms with Gasteiger partial charge in [-0.3, -0.25) is 0 Å². The van der Waals surface area contributed by atoms with Crippen LogP contribution in [0.15, 0.2) is 24.3 Å². The highest BCUT2D eigenvalue weighted by Crippen LogP contribution is 2.16. The molecule has 1 rings (SSSR count). The Morgan fingerprint density at radius 2 is 1.80 bits per heavy atom. The molecule has 0 amide bonds. The number of likely N-dealkylation sites (N-methyl/N-ethyl adjacent to an activating group) is 1. The van der Waals surface area contributed by atoms with Crippen LogP contribution in [-0.2, 0) is 11.2 Å². The summed E-state index contributed by atoms with van der Waals surface area (Å²) in [5.41, 5.74) is 2.85. The van der Waals surface area contributed by atoms with Crippen LogP contribution in [0.2, 0.25) is 0 Å². The topological polar surface area (TPSA) is 21.3 Å². The lowest BCUT2D eigenvalue weighted by Crippen LogP contribution is -2.31. The molecule has 0 aliphatic rings. The fourth-order valence-corrected chi connectivity index (χ4v) is 2.46. The van der Waals surface area contributed by atoms with Crippen molar-refractivity contribution >= 4 is 0 Å². The Balaban J connectivity index is 2.47. The highest BCUT2D eigenvalue weighted by atomic mass is 16.5. The Bertz CT molecular complexity index is 345. The van der Waals surface area contributed by atoms with E-state index in [0.29, 0.717) is 12.0 Å². The van der Waals surface area contributed by atoms with Crippen molar-refractivity contribution in [3.05, 3.63) is 35.4 Å². The third-order valence-corrected chi connectivity index (χ3v) is 3.67. The van der Waals surface area contributed by atoms with Gasteiger partial charge in [0.1, 0.15) is 0 Å². The summed E-state index contributed by atoms with van der Waals surface area (Å²) < 4.78 is 5.43. The smallest absolute Gasteiger partial charge is 0.0466 e. The molecule has 0 bridgehead atoms. The van der Waals surface area contributed by atoms with Crippen LogP contribution in [-0.4, -0.2) is 25.8 Å². The number of hydrogen-bond acceptors (Lipinski definition) is 2. The van der Waals surface area contributed by atoms with Crippen molar-refractivity contribution in [1.82, 2.24) is 5.32 Å². The van der Waals surface area contributed by atoms with Gasteiger partial charge in [-0.2, -0.15) is 0 Å². The number of rotatable bonds is 10. The first kappa shape index (κ1) is 17.2. The molecule has 0 fully saturated rings. The van der Waals surface area contributed by atoms with E-state index < -0.39 is 0 Å². The van der Waals surface area contributed by atoms with E-state index >= 15 is 0 Å². The summed E-state index contributed by atoms with van der Waals surface area (Å²) in [5, 5.41) is 3.59. The molecule has 114 valence electrons. The maximum absolute atomic E-state index is 5.43. The lowest BCUT2D eigenvalue weighted by atomic mass is 9.97. The van der Waals surface area contributed by atoms with Crippen LogP contribution in [0.1, 0.15) is 57.6 Å². The molecule has 1 N–H and O–H groups in total. The minimum absolute atomic E-state index is 0.561. The van der Waals surface area contributed by atoms with Crippen molar-refractivity contribution in [2.24, 2.45) is 0 Å². The molecule has 0 heterocycles. The Morgan fingerprint density at radius 3 is 2.35 bits per heavy atom. The number of nitrogens with one attached hydrogen (secondary N) is 1. The van der Waals surface area contributed by atoms with Crippen LogP contribution >= 0.6 is 0 Å². The van der Waals surface area contributed by atoms with Crippen molar-refractivity contribution in [3.8, 4) is 0 Å². The van der Waals surface area contributed by atoms with Gasteiger partial charge in [-0.1, -0.05) is 45.0 Å². The van der Waals surface area contributed by atoms with Crippen LogP contribution < -0.4 is 5.32 Å². The van der Waals surface area contributed by atoms with Gasteiger partial charge in [-0.15, -0.1) is 0 Å². The molecule has 20 heavy (non-hydrogen) atoms. The van der Waals surface area contributed by atoms with Crippen molar-refractivity contribution in [1.29, 1.82) is 0 Å².